The number of nitrogens with one attached hydrogen (secondary N) is 1. The van der Waals surface area contributed by atoms with Crippen LogP contribution in [0.5, 0.6) is 0 Å². The Morgan fingerprint density at radius 2 is 2.22 bits per heavy atom. The number of sulfone groups is 1. The molecule has 2 aromatic heterocycles. The summed E-state index contributed by atoms with van der Waals surface area (Å²) in [5.74, 6) is -0.0595. The van der Waals surface area contributed by atoms with Crippen molar-refractivity contribution in [2.45, 2.75) is 45.8 Å². The molecule has 1 N–H and O–H groups in total. The molecule has 0 radical (unpaired) electrons. The zero-order valence-corrected chi connectivity index (χ0v) is 14.3. The molecule has 1 fully saturated rings. The number of carbonyl (C=O) groups is 1. The molecule has 1 aliphatic heterocycles. The van der Waals surface area contributed by atoms with Crippen molar-refractivity contribution < 1.29 is 13.2 Å². The number of nitrogens with zero attached hydrogens (tertiary/aromatic N) is 4. The Bertz CT molecular complexity index is 849. The monoisotopic (exact) mass is 339 g/mol. The molecular formula is C14H21N5O3S. The fraction of sp³-hybridized carbons (Fsp3) is 0.643. The summed E-state index contributed by atoms with van der Waals surface area (Å²) in [7, 11) is -3.00. The third-order valence-electron chi connectivity index (χ3n) is 4.05. The van der Waals surface area contributed by atoms with Crippen LogP contribution in [-0.2, 0) is 21.2 Å². The first kappa shape index (κ1) is 16.0. The molecule has 1 aliphatic rings. The first-order valence-electron chi connectivity index (χ1n) is 7.67. The molecule has 0 aliphatic carbocycles. The Hall–Kier alpha value is -1.90. The van der Waals surface area contributed by atoms with Crippen LogP contribution in [-0.4, -0.2) is 51.4 Å². The maximum Gasteiger partial charge on any atom is 0.242 e. The number of hydrogen-bond acceptors (Lipinski definition) is 5. The highest BCUT2D eigenvalue weighted by Crippen LogP contribution is 2.21. The van der Waals surface area contributed by atoms with Crippen LogP contribution in [0.1, 0.15) is 32.0 Å². The van der Waals surface area contributed by atoms with Crippen molar-refractivity contribution in [2.75, 3.05) is 11.5 Å². The van der Waals surface area contributed by atoms with Crippen LogP contribution in [0.15, 0.2) is 6.20 Å². The summed E-state index contributed by atoms with van der Waals surface area (Å²) in [5, 5.41) is 11.5. The minimum Gasteiger partial charge on any atom is -0.351 e. The molecule has 8 nitrogen and oxygen atoms in total. The Labute approximate surface area is 134 Å². The van der Waals surface area contributed by atoms with E-state index in [1.165, 1.54) is 0 Å². The molecule has 1 saturated heterocycles. The molecule has 0 aromatic carbocycles. The molecule has 0 spiro atoms. The van der Waals surface area contributed by atoms with Gasteiger partial charge in [0.25, 0.3) is 0 Å². The SMILES string of the molecule is Cc1nn(C(C)C)c2cnn(CC(=O)NC3CCS(=O)(=O)C3)c12. The normalized spacial score (nSPS) is 20.4. The van der Waals surface area contributed by atoms with E-state index in [0.717, 1.165) is 16.7 Å². The van der Waals surface area contributed by atoms with Gasteiger partial charge in [0.05, 0.1) is 23.4 Å². The average molecular weight is 339 g/mol. The lowest BCUT2D eigenvalue weighted by Gasteiger charge is -2.11. The van der Waals surface area contributed by atoms with Crippen molar-refractivity contribution in [1.82, 2.24) is 24.9 Å². The van der Waals surface area contributed by atoms with Gasteiger partial charge < -0.3 is 5.32 Å². The molecule has 3 heterocycles. The van der Waals surface area contributed by atoms with Crippen LogP contribution >= 0.6 is 0 Å². The van der Waals surface area contributed by atoms with Crippen LogP contribution in [0.25, 0.3) is 11.0 Å². The molecular weight excluding hydrogens is 318 g/mol. The van der Waals surface area contributed by atoms with Crippen molar-refractivity contribution in [3.05, 3.63) is 11.9 Å². The fourth-order valence-corrected chi connectivity index (χ4v) is 4.68. The van der Waals surface area contributed by atoms with E-state index < -0.39 is 9.84 Å². The summed E-state index contributed by atoms with van der Waals surface area (Å²) in [4.78, 5) is 12.2. The summed E-state index contributed by atoms with van der Waals surface area (Å²) >= 11 is 0. The van der Waals surface area contributed by atoms with E-state index in [0.29, 0.717) is 6.42 Å². The minimum absolute atomic E-state index is 0.0254. The quantitative estimate of drug-likeness (QED) is 0.871. The maximum atomic E-state index is 12.2. The molecule has 1 atom stereocenters. The number of rotatable bonds is 4. The van der Waals surface area contributed by atoms with Gasteiger partial charge in [-0.05, 0) is 27.2 Å². The largest absolute Gasteiger partial charge is 0.351 e. The lowest BCUT2D eigenvalue weighted by Crippen LogP contribution is -2.37. The van der Waals surface area contributed by atoms with Crippen LogP contribution in [0, 0.1) is 6.92 Å². The Morgan fingerprint density at radius 3 is 2.83 bits per heavy atom. The van der Waals surface area contributed by atoms with Gasteiger partial charge in [0.1, 0.15) is 17.6 Å². The smallest absolute Gasteiger partial charge is 0.242 e. The highest BCUT2D eigenvalue weighted by Gasteiger charge is 2.29. The summed E-state index contributed by atoms with van der Waals surface area (Å²) in [6, 6.07) is -0.0839. The topological polar surface area (TPSA) is 98.9 Å². The van der Waals surface area contributed by atoms with Gasteiger partial charge in [0.2, 0.25) is 5.91 Å². The average Bonchev–Trinajstić information content (AvgIpc) is 3.07. The molecule has 1 unspecified atom stereocenters. The number of fused-ring (bicyclic) bond motifs is 1. The second kappa shape index (κ2) is 5.63. The first-order chi connectivity index (χ1) is 10.8. The number of aromatic nitrogens is 4. The molecule has 3 rings (SSSR count). The number of carbonyl (C=O) groups excluding carboxylic acids is 1. The first-order valence-corrected chi connectivity index (χ1v) is 9.49. The van der Waals surface area contributed by atoms with E-state index in [9.17, 15) is 13.2 Å². The number of aryl methyl sites for hydroxylation is 1. The predicted molar refractivity (Wildman–Crippen MR) is 85.8 cm³/mol. The third-order valence-corrected chi connectivity index (χ3v) is 5.82. The van der Waals surface area contributed by atoms with Gasteiger partial charge >= 0.3 is 0 Å². The lowest BCUT2D eigenvalue weighted by molar-refractivity contribution is -0.122. The fourth-order valence-electron chi connectivity index (χ4n) is 3.01. The van der Waals surface area contributed by atoms with Crippen molar-refractivity contribution in [1.29, 1.82) is 0 Å². The van der Waals surface area contributed by atoms with Gasteiger partial charge in [0, 0.05) is 12.1 Å². The van der Waals surface area contributed by atoms with Gasteiger partial charge in [-0.25, -0.2) is 8.42 Å². The summed E-state index contributed by atoms with van der Waals surface area (Å²) in [6.07, 6.45) is 2.19. The number of hydrogen-bond donors (Lipinski definition) is 1. The Kier molecular flexibility index (Phi) is 3.91. The van der Waals surface area contributed by atoms with E-state index in [1.54, 1.807) is 10.9 Å². The van der Waals surface area contributed by atoms with E-state index in [2.05, 4.69) is 15.5 Å². The summed E-state index contributed by atoms with van der Waals surface area (Å²) < 4.78 is 26.4. The van der Waals surface area contributed by atoms with E-state index in [-0.39, 0.29) is 36.0 Å². The Balaban J connectivity index is 1.76. The van der Waals surface area contributed by atoms with Gasteiger partial charge in [-0.1, -0.05) is 0 Å². The van der Waals surface area contributed by atoms with E-state index in [1.807, 2.05) is 25.5 Å². The van der Waals surface area contributed by atoms with E-state index in [4.69, 9.17) is 0 Å². The molecule has 0 bridgehead atoms. The van der Waals surface area contributed by atoms with E-state index >= 15 is 0 Å². The van der Waals surface area contributed by atoms with Crippen LogP contribution in [0.3, 0.4) is 0 Å². The standard InChI is InChI=1S/C14H21N5O3S/c1-9(2)19-12-6-15-18(14(12)10(3)17-19)7-13(20)16-11-4-5-23(21,22)8-11/h6,9,11H,4-5,7-8H2,1-3H3,(H,16,20). The summed E-state index contributed by atoms with van der Waals surface area (Å²) in [5.41, 5.74) is 2.56. The zero-order valence-electron chi connectivity index (χ0n) is 13.5. The van der Waals surface area contributed by atoms with Crippen molar-refractivity contribution >= 4 is 26.8 Å². The molecule has 0 saturated carbocycles. The van der Waals surface area contributed by atoms with Gasteiger partial charge in [0.15, 0.2) is 9.84 Å². The highest BCUT2D eigenvalue weighted by molar-refractivity contribution is 7.91. The van der Waals surface area contributed by atoms with Crippen molar-refractivity contribution in [2.24, 2.45) is 0 Å². The van der Waals surface area contributed by atoms with Gasteiger partial charge in [-0.3, -0.25) is 14.2 Å². The molecule has 9 heteroatoms. The number of amides is 1. The predicted octanol–water partition coefficient (Wildman–Crippen LogP) is 0.425. The van der Waals surface area contributed by atoms with Gasteiger partial charge in [-0.15, -0.1) is 0 Å². The Morgan fingerprint density at radius 1 is 1.48 bits per heavy atom. The maximum absolute atomic E-state index is 12.2. The third kappa shape index (κ3) is 3.10. The minimum atomic E-state index is -3.00. The zero-order chi connectivity index (χ0) is 16.8. The van der Waals surface area contributed by atoms with Crippen molar-refractivity contribution in [3.8, 4) is 0 Å². The summed E-state index contributed by atoms with van der Waals surface area (Å²) in [6.45, 7) is 6.03. The van der Waals surface area contributed by atoms with Crippen LogP contribution in [0.4, 0.5) is 0 Å². The van der Waals surface area contributed by atoms with Gasteiger partial charge in [-0.2, -0.15) is 10.2 Å². The van der Waals surface area contributed by atoms with Crippen LogP contribution < -0.4 is 5.32 Å². The lowest BCUT2D eigenvalue weighted by atomic mass is 10.2. The second-order valence-corrected chi connectivity index (χ2v) is 8.56. The highest BCUT2D eigenvalue weighted by atomic mass is 32.2. The molecule has 126 valence electrons. The van der Waals surface area contributed by atoms with Crippen LogP contribution in [0.2, 0.25) is 0 Å². The van der Waals surface area contributed by atoms with Crippen molar-refractivity contribution in [3.63, 3.8) is 0 Å². The second-order valence-electron chi connectivity index (χ2n) is 6.33. The molecule has 1 amide bonds. The molecule has 23 heavy (non-hydrogen) atoms. The molecule has 2 aromatic rings.